The fourth-order valence-corrected chi connectivity index (χ4v) is 7.73. The molecule has 9 heteroatoms. The van der Waals surface area contributed by atoms with E-state index in [4.69, 9.17) is 4.74 Å². The van der Waals surface area contributed by atoms with Crippen molar-refractivity contribution in [1.82, 2.24) is 20.4 Å². The van der Waals surface area contributed by atoms with E-state index in [2.05, 4.69) is 22.7 Å². The minimum atomic E-state index is -0.761. The summed E-state index contributed by atoms with van der Waals surface area (Å²) >= 11 is 0. The van der Waals surface area contributed by atoms with Gasteiger partial charge in [-0.3, -0.25) is 19.1 Å². The lowest BCUT2D eigenvalue weighted by atomic mass is 9.70. The number of carbonyl (C=O) groups is 3. The van der Waals surface area contributed by atoms with Crippen LogP contribution in [0, 0.1) is 28.6 Å². The molecule has 9 nitrogen and oxygen atoms in total. The zero-order chi connectivity index (χ0) is 28.2. The Labute approximate surface area is 235 Å². The summed E-state index contributed by atoms with van der Waals surface area (Å²) in [7, 11) is 1.85. The van der Waals surface area contributed by atoms with Crippen molar-refractivity contribution < 1.29 is 24.2 Å². The number of nitrogens with one attached hydrogen (secondary N) is 2. The van der Waals surface area contributed by atoms with Gasteiger partial charge in [0.15, 0.2) is 0 Å². The highest BCUT2D eigenvalue weighted by Crippen LogP contribution is 2.49. The van der Waals surface area contributed by atoms with Gasteiger partial charge in [0.2, 0.25) is 5.91 Å². The first-order valence-electron chi connectivity index (χ1n) is 15.0. The van der Waals surface area contributed by atoms with Crippen LogP contribution in [0.5, 0.6) is 5.75 Å². The Morgan fingerprint density at radius 1 is 1.07 bits per heavy atom. The highest BCUT2D eigenvalue weighted by atomic mass is 16.5. The van der Waals surface area contributed by atoms with E-state index in [1.54, 1.807) is 23.9 Å². The van der Waals surface area contributed by atoms with Crippen molar-refractivity contribution in [2.24, 2.45) is 35.6 Å². The number of carboxylic acid groups (broad SMARTS) is 1. The number of hydrogen-bond donors (Lipinski definition) is 3. The maximum absolute atomic E-state index is 13.7. The predicted octanol–water partition coefficient (Wildman–Crippen LogP) is 4.44. The number of carboxylic acids is 1. The van der Waals surface area contributed by atoms with Crippen LogP contribution in [-0.2, 0) is 16.6 Å². The van der Waals surface area contributed by atoms with Crippen molar-refractivity contribution >= 4 is 28.7 Å². The van der Waals surface area contributed by atoms with Crippen LogP contribution < -0.4 is 15.4 Å². The topological polar surface area (TPSA) is 123 Å². The predicted molar refractivity (Wildman–Crippen MR) is 150 cm³/mol. The van der Waals surface area contributed by atoms with Crippen molar-refractivity contribution in [3.8, 4) is 5.75 Å². The molecule has 2 bridgehead atoms. The third kappa shape index (κ3) is 4.85. The Morgan fingerprint density at radius 2 is 1.80 bits per heavy atom. The smallest absolute Gasteiger partial charge is 0.309 e. The zero-order valence-electron chi connectivity index (χ0n) is 23.9. The summed E-state index contributed by atoms with van der Waals surface area (Å²) in [6, 6.07) is 3.46. The molecule has 4 atom stereocenters. The number of benzene rings is 1. The van der Waals surface area contributed by atoms with Crippen molar-refractivity contribution in [3.05, 3.63) is 23.9 Å². The lowest BCUT2D eigenvalue weighted by molar-refractivity contribution is -0.150. The van der Waals surface area contributed by atoms with Crippen LogP contribution in [0.1, 0.15) is 88.4 Å². The van der Waals surface area contributed by atoms with Crippen molar-refractivity contribution in [1.29, 1.82) is 0 Å². The molecular formula is C31H42N4O5. The average molecular weight is 551 g/mol. The molecule has 4 saturated carbocycles. The molecule has 4 aliphatic carbocycles. The van der Waals surface area contributed by atoms with Crippen molar-refractivity contribution in [2.45, 2.75) is 90.2 Å². The van der Waals surface area contributed by atoms with Crippen LogP contribution in [0.25, 0.3) is 10.9 Å². The fourth-order valence-electron chi connectivity index (χ4n) is 7.73. The van der Waals surface area contributed by atoms with Gasteiger partial charge in [0.25, 0.3) is 5.91 Å². The molecule has 4 aliphatic rings. The second-order valence-corrected chi connectivity index (χ2v) is 13.6. The molecule has 1 aromatic carbocycles. The van der Waals surface area contributed by atoms with Crippen LogP contribution >= 0.6 is 0 Å². The quantitative estimate of drug-likeness (QED) is 0.447. The summed E-state index contributed by atoms with van der Waals surface area (Å²) in [5.74, 6) is 0.183. The highest BCUT2D eigenvalue weighted by Gasteiger charge is 2.51. The van der Waals surface area contributed by atoms with E-state index in [0.29, 0.717) is 55.4 Å². The molecule has 4 unspecified atom stereocenters. The zero-order valence-corrected chi connectivity index (χ0v) is 23.9. The summed E-state index contributed by atoms with van der Waals surface area (Å²) in [4.78, 5) is 38.7. The Bertz CT molecular complexity index is 1320. The Balaban J connectivity index is 1.18. The lowest BCUT2D eigenvalue weighted by Gasteiger charge is -2.39. The molecule has 40 heavy (non-hydrogen) atoms. The minimum Gasteiger partial charge on any atom is -0.488 e. The van der Waals surface area contributed by atoms with Gasteiger partial charge in [-0.2, -0.15) is 5.10 Å². The number of aryl methyl sites for hydroxylation is 1. The molecule has 0 aliphatic heterocycles. The standard InChI is InChI=1S/C31H42N4O5/c1-30(9-4-10-30)17-32-28(37)24-18-5-6-19(13-18)25(24)34-27(36)20-14-21-16-33-35(3)26(21)23(15-20)40-22-7-11-31(2,12-8-22)29(38)39/h14-16,18-19,22,24-25H,4-13,17H2,1-3H3,(H,32,37)(H,34,36)(H,38,39). The van der Waals surface area contributed by atoms with Gasteiger partial charge < -0.3 is 20.5 Å². The van der Waals surface area contributed by atoms with Crippen molar-refractivity contribution in [3.63, 3.8) is 0 Å². The molecule has 1 heterocycles. The van der Waals surface area contributed by atoms with Crippen LogP contribution in [0.15, 0.2) is 18.3 Å². The van der Waals surface area contributed by atoms with E-state index < -0.39 is 11.4 Å². The molecule has 0 spiro atoms. The molecule has 3 N–H and O–H groups in total. The summed E-state index contributed by atoms with van der Waals surface area (Å²) in [6.07, 6.45) is 10.6. The summed E-state index contributed by atoms with van der Waals surface area (Å²) < 4.78 is 8.18. The monoisotopic (exact) mass is 550 g/mol. The Kier molecular flexibility index (Phi) is 6.82. The number of amides is 2. The van der Waals surface area contributed by atoms with Gasteiger partial charge in [-0.05, 0) is 94.1 Å². The largest absolute Gasteiger partial charge is 0.488 e. The van der Waals surface area contributed by atoms with Gasteiger partial charge in [0.1, 0.15) is 11.3 Å². The van der Waals surface area contributed by atoms with Gasteiger partial charge >= 0.3 is 5.97 Å². The number of ether oxygens (including phenoxy) is 1. The van der Waals surface area contributed by atoms with E-state index >= 15 is 0 Å². The number of aromatic nitrogens is 2. The summed E-state index contributed by atoms with van der Waals surface area (Å²) in [5.41, 5.74) is 0.796. The van der Waals surface area contributed by atoms with Crippen LogP contribution in [0.3, 0.4) is 0 Å². The number of rotatable bonds is 8. The SMILES string of the molecule is Cn1ncc2cc(C(=O)NC3C4CCC(C4)C3C(=O)NCC3(C)CCC3)cc(OC3CCC(C)(C(=O)O)CC3)c21. The van der Waals surface area contributed by atoms with Crippen LogP contribution in [0.4, 0.5) is 0 Å². The highest BCUT2D eigenvalue weighted by molar-refractivity contribution is 6.00. The molecular weight excluding hydrogens is 508 g/mol. The van der Waals surface area contributed by atoms with Gasteiger partial charge in [0, 0.05) is 30.6 Å². The molecule has 2 amide bonds. The van der Waals surface area contributed by atoms with Crippen LogP contribution in [-0.4, -0.2) is 51.4 Å². The third-order valence-electron chi connectivity index (χ3n) is 10.7. The molecule has 216 valence electrons. The lowest BCUT2D eigenvalue weighted by Crippen LogP contribution is -2.51. The van der Waals surface area contributed by atoms with E-state index in [9.17, 15) is 19.5 Å². The third-order valence-corrected chi connectivity index (χ3v) is 10.7. The number of nitrogens with zero attached hydrogens (tertiary/aromatic N) is 2. The summed E-state index contributed by atoms with van der Waals surface area (Å²) in [6.45, 7) is 4.75. The van der Waals surface area contributed by atoms with E-state index in [1.807, 2.05) is 13.1 Å². The molecule has 6 rings (SSSR count). The van der Waals surface area contributed by atoms with E-state index in [1.165, 1.54) is 6.42 Å². The molecule has 2 aromatic rings. The first kappa shape index (κ1) is 27.1. The minimum absolute atomic E-state index is 0.0861. The maximum atomic E-state index is 13.7. The van der Waals surface area contributed by atoms with E-state index in [0.717, 1.165) is 43.0 Å². The van der Waals surface area contributed by atoms with Gasteiger partial charge in [-0.1, -0.05) is 13.3 Å². The molecule has 1 aromatic heterocycles. The molecule has 4 fully saturated rings. The Morgan fingerprint density at radius 3 is 2.48 bits per heavy atom. The average Bonchev–Trinajstić information content (AvgIpc) is 3.62. The second kappa shape index (κ2) is 10.1. The molecule has 0 radical (unpaired) electrons. The second-order valence-electron chi connectivity index (χ2n) is 13.6. The number of aliphatic carboxylic acids is 1. The maximum Gasteiger partial charge on any atom is 0.309 e. The first-order chi connectivity index (χ1) is 19.1. The van der Waals surface area contributed by atoms with Crippen molar-refractivity contribution in [2.75, 3.05) is 6.54 Å². The van der Waals surface area contributed by atoms with Gasteiger partial charge in [0.05, 0.1) is 23.6 Å². The number of fused-ring (bicyclic) bond motifs is 3. The van der Waals surface area contributed by atoms with Crippen LogP contribution in [0.2, 0.25) is 0 Å². The van der Waals surface area contributed by atoms with E-state index in [-0.39, 0.29) is 35.3 Å². The van der Waals surface area contributed by atoms with Gasteiger partial charge in [-0.15, -0.1) is 0 Å². The normalized spacial score (nSPS) is 32.4. The first-order valence-corrected chi connectivity index (χ1v) is 15.0. The van der Waals surface area contributed by atoms with Gasteiger partial charge in [-0.25, -0.2) is 0 Å². The summed E-state index contributed by atoms with van der Waals surface area (Å²) in [5, 5.41) is 21.3. The fraction of sp³-hybridized carbons (Fsp3) is 0.677. The number of hydrogen-bond acceptors (Lipinski definition) is 5. The Hall–Kier alpha value is -3.10. The molecule has 0 saturated heterocycles. The number of carbonyl (C=O) groups excluding carboxylic acids is 2.